The molecular weight excluding hydrogens is 403 g/mol. The van der Waals surface area contributed by atoms with Gasteiger partial charge in [0.15, 0.2) is 5.96 Å². The second kappa shape index (κ2) is 11.0. The number of amides is 1. The highest BCUT2D eigenvalue weighted by atomic mass is 127. The van der Waals surface area contributed by atoms with Crippen LogP contribution in [-0.2, 0) is 4.79 Å². The maximum absolute atomic E-state index is 11.7. The van der Waals surface area contributed by atoms with Crippen LogP contribution in [0.4, 0.5) is 0 Å². The number of halogens is 1. The van der Waals surface area contributed by atoms with E-state index < -0.39 is 0 Å². The molecule has 0 saturated heterocycles. The minimum Gasteiger partial charge on any atom is -0.353 e. The number of nitrogens with one attached hydrogen (secondary N) is 2. The lowest BCUT2D eigenvalue weighted by Crippen LogP contribution is -2.40. The van der Waals surface area contributed by atoms with Gasteiger partial charge in [0.2, 0.25) is 5.91 Å². The van der Waals surface area contributed by atoms with Gasteiger partial charge in [0.1, 0.15) is 6.54 Å². The number of nitrogens with zero attached hydrogens (tertiary/aromatic N) is 2. The number of carbonyl (C=O) groups excluding carboxylic acids is 1. The van der Waals surface area contributed by atoms with Gasteiger partial charge in [-0.15, -0.1) is 24.0 Å². The SMILES string of the molecule is C=C(C)CNC(=NCC(=O)N(C)C)NC(C)c1ccccc1.I. The molecule has 0 aliphatic carbocycles. The molecule has 23 heavy (non-hydrogen) atoms. The van der Waals surface area contributed by atoms with Crippen LogP contribution >= 0.6 is 24.0 Å². The van der Waals surface area contributed by atoms with Crippen LogP contribution in [0.3, 0.4) is 0 Å². The Morgan fingerprint density at radius 3 is 2.43 bits per heavy atom. The van der Waals surface area contributed by atoms with Crippen molar-refractivity contribution in [2.24, 2.45) is 4.99 Å². The Bertz CT molecular complexity index is 529. The van der Waals surface area contributed by atoms with E-state index in [9.17, 15) is 4.79 Å². The van der Waals surface area contributed by atoms with E-state index in [2.05, 4.69) is 41.3 Å². The maximum Gasteiger partial charge on any atom is 0.243 e. The normalized spacial score (nSPS) is 11.9. The quantitative estimate of drug-likeness (QED) is 0.316. The fourth-order valence-corrected chi connectivity index (χ4v) is 1.71. The van der Waals surface area contributed by atoms with Crippen molar-refractivity contribution in [2.75, 3.05) is 27.2 Å². The largest absolute Gasteiger partial charge is 0.353 e. The number of hydrogen-bond acceptors (Lipinski definition) is 2. The van der Waals surface area contributed by atoms with Gasteiger partial charge in [-0.05, 0) is 19.4 Å². The minimum absolute atomic E-state index is 0. The average Bonchev–Trinajstić information content (AvgIpc) is 2.50. The molecule has 0 aliphatic heterocycles. The molecule has 2 N–H and O–H groups in total. The Morgan fingerprint density at radius 1 is 1.30 bits per heavy atom. The first-order valence-corrected chi connectivity index (χ1v) is 7.34. The van der Waals surface area contributed by atoms with E-state index in [4.69, 9.17) is 0 Å². The predicted molar refractivity (Wildman–Crippen MR) is 107 cm³/mol. The van der Waals surface area contributed by atoms with E-state index in [0.717, 1.165) is 11.1 Å². The first-order valence-electron chi connectivity index (χ1n) is 7.34. The van der Waals surface area contributed by atoms with Gasteiger partial charge in [0.05, 0.1) is 6.04 Å². The lowest BCUT2D eigenvalue weighted by atomic mass is 10.1. The molecule has 1 atom stereocenters. The minimum atomic E-state index is -0.0382. The molecule has 1 rings (SSSR count). The van der Waals surface area contributed by atoms with Gasteiger partial charge in [-0.3, -0.25) is 4.79 Å². The molecule has 0 aliphatic rings. The molecule has 1 amide bonds. The number of rotatable bonds is 6. The Hall–Kier alpha value is -1.57. The van der Waals surface area contributed by atoms with E-state index in [1.165, 1.54) is 4.90 Å². The molecule has 0 bridgehead atoms. The van der Waals surface area contributed by atoms with Crippen molar-refractivity contribution in [3.8, 4) is 0 Å². The molecule has 0 spiro atoms. The van der Waals surface area contributed by atoms with Crippen molar-refractivity contribution >= 4 is 35.8 Å². The zero-order valence-electron chi connectivity index (χ0n) is 14.3. The third-order valence-corrected chi connectivity index (χ3v) is 3.08. The molecule has 1 aromatic rings. The van der Waals surface area contributed by atoms with Crippen LogP contribution in [0.2, 0.25) is 0 Å². The second-order valence-corrected chi connectivity index (χ2v) is 5.54. The molecule has 0 radical (unpaired) electrons. The maximum atomic E-state index is 11.7. The Balaban J connectivity index is 0.00000484. The van der Waals surface area contributed by atoms with Gasteiger partial charge in [-0.2, -0.15) is 0 Å². The summed E-state index contributed by atoms with van der Waals surface area (Å²) >= 11 is 0. The summed E-state index contributed by atoms with van der Waals surface area (Å²) in [7, 11) is 3.44. The van der Waals surface area contributed by atoms with Crippen LogP contribution in [0, 0.1) is 0 Å². The average molecular weight is 430 g/mol. The number of benzene rings is 1. The van der Waals surface area contributed by atoms with E-state index in [-0.39, 0.29) is 42.5 Å². The van der Waals surface area contributed by atoms with Crippen LogP contribution in [0.5, 0.6) is 0 Å². The number of hydrogen-bond donors (Lipinski definition) is 2. The number of guanidine groups is 1. The van der Waals surface area contributed by atoms with Gasteiger partial charge >= 0.3 is 0 Å². The van der Waals surface area contributed by atoms with Gasteiger partial charge < -0.3 is 15.5 Å². The molecule has 0 aromatic heterocycles. The highest BCUT2D eigenvalue weighted by Crippen LogP contribution is 2.10. The summed E-state index contributed by atoms with van der Waals surface area (Å²) in [5.74, 6) is 0.568. The summed E-state index contributed by atoms with van der Waals surface area (Å²) in [6.07, 6.45) is 0. The first-order chi connectivity index (χ1) is 10.4. The molecule has 5 nitrogen and oxygen atoms in total. The predicted octanol–water partition coefficient (Wildman–Crippen LogP) is 2.57. The van der Waals surface area contributed by atoms with Gasteiger partial charge in [0, 0.05) is 20.6 Å². The zero-order chi connectivity index (χ0) is 16.5. The molecule has 0 fully saturated rings. The van der Waals surface area contributed by atoms with E-state index in [1.54, 1.807) is 14.1 Å². The van der Waals surface area contributed by atoms with Gasteiger partial charge in [0.25, 0.3) is 0 Å². The molecule has 1 unspecified atom stereocenters. The Morgan fingerprint density at radius 2 is 1.91 bits per heavy atom. The molecular formula is C17H27IN4O. The van der Waals surface area contributed by atoms with E-state index in [1.807, 2.05) is 25.1 Å². The van der Waals surface area contributed by atoms with Crippen molar-refractivity contribution in [3.05, 3.63) is 48.0 Å². The molecule has 6 heteroatoms. The van der Waals surface area contributed by atoms with E-state index in [0.29, 0.717) is 12.5 Å². The van der Waals surface area contributed by atoms with Crippen molar-refractivity contribution in [3.63, 3.8) is 0 Å². The third-order valence-electron chi connectivity index (χ3n) is 3.08. The summed E-state index contributed by atoms with van der Waals surface area (Å²) < 4.78 is 0. The molecule has 0 saturated carbocycles. The van der Waals surface area contributed by atoms with Crippen molar-refractivity contribution in [1.82, 2.24) is 15.5 Å². The second-order valence-electron chi connectivity index (χ2n) is 5.54. The van der Waals surface area contributed by atoms with E-state index >= 15 is 0 Å². The van der Waals surface area contributed by atoms with Crippen molar-refractivity contribution < 1.29 is 4.79 Å². The van der Waals surface area contributed by atoms with Crippen molar-refractivity contribution in [1.29, 1.82) is 0 Å². The molecule has 1 aromatic carbocycles. The zero-order valence-corrected chi connectivity index (χ0v) is 16.6. The Kier molecular flexibility index (Phi) is 10.3. The molecule has 0 heterocycles. The van der Waals surface area contributed by atoms with Crippen LogP contribution in [0.1, 0.15) is 25.5 Å². The van der Waals surface area contributed by atoms with Gasteiger partial charge in [-0.1, -0.05) is 42.5 Å². The number of carbonyl (C=O) groups is 1. The topological polar surface area (TPSA) is 56.7 Å². The molecule has 128 valence electrons. The fourth-order valence-electron chi connectivity index (χ4n) is 1.71. The number of likely N-dealkylation sites (N-methyl/N-ethyl adjacent to an activating group) is 1. The van der Waals surface area contributed by atoms with Crippen LogP contribution in [0.15, 0.2) is 47.5 Å². The lowest BCUT2D eigenvalue weighted by Gasteiger charge is -2.19. The highest BCUT2D eigenvalue weighted by Gasteiger charge is 2.09. The van der Waals surface area contributed by atoms with Crippen molar-refractivity contribution in [2.45, 2.75) is 19.9 Å². The highest BCUT2D eigenvalue weighted by molar-refractivity contribution is 14.0. The summed E-state index contributed by atoms with van der Waals surface area (Å²) in [5.41, 5.74) is 2.16. The van der Waals surface area contributed by atoms with Crippen LogP contribution < -0.4 is 10.6 Å². The first kappa shape index (κ1) is 21.4. The van der Waals surface area contributed by atoms with Crippen LogP contribution in [0.25, 0.3) is 0 Å². The fraction of sp³-hybridized carbons (Fsp3) is 0.412. The van der Waals surface area contributed by atoms with Gasteiger partial charge in [-0.25, -0.2) is 4.99 Å². The summed E-state index contributed by atoms with van der Waals surface area (Å²) in [6.45, 7) is 8.59. The van der Waals surface area contributed by atoms with Crippen LogP contribution in [-0.4, -0.2) is 44.0 Å². The summed E-state index contributed by atoms with van der Waals surface area (Å²) in [5, 5.41) is 6.49. The third kappa shape index (κ3) is 8.59. The Labute approximate surface area is 156 Å². The summed E-state index contributed by atoms with van der Waals surface area (Å²) in [6, 6.07) is 10.2. The number of aliphatic imine (C=N–C) groups is 1. The smallest absolute Gasteiger partial charge is 0.243 e. The summed E-state index contributed by atoms with van der Waals surface area (Å²) in [4.78, 5) is 17.6. The standard InChI is InChI=1S/C17H26N4O.HI/c1-13(2)11-18-17(19-12-16(22)21(4)5)20-14(3)15-9-7-6-8-10-15;/h6-10,14H,1,11-12H2,2-5H3,(H2,18,19,20);1H. The monoisotopic (exact) mass is 430 g/mol. The lowest BCUT2D eigenvalue weighted by molar-refractivity contribution is -0.127.